The van der Waals surface area contributed by atoms with Gasteiger partial charge >= 0.3 is 6.03 Å². The summed E-state index contributed by atoms with van der Waals surface area (Å²) in [6.45, 7) is 0. The second-order valence-corrected chi connectivity index (χ2v) is 3.77. The lowest BCUT2D eigenvalue weighted by Crippen LogP contribution is -2.42. The molecule has 1 aromatic carbocycles. The first-order valence-electron chi connectivity index (χ1n) is 5.04. The van der Waals surface area contributed by atoms with Crippen molar-refractivity contribution in [3.63, 3.8) is 0 Å². The summed E-state index contributed by atoms with van der Waals surface area (Å²) in [5.74, 6) is -0.518. The number of fused-ring (bicyclic) bond motifs is 1. The molecule has 2 N–H and O–H groups in total. The molecule has 1 fully saturated rings. The van der Waals surface area contributed by atoms with Gasteiger partial charge < -0.3 is 5.32 Å². The van der Waals surface area contributed by atoms with Gasteiger partial charge in [0.25, 0.3) is 11.6 Å². The zero-order valence-electron chi connectivity index (χ0n) is 8.68. The molecule has 3 amide bonds. The first-order valence-corrected chi connectivity index (χ1v) is 5.04. The number of benzene rings is 1. The zero-order valence-corrected chi connectivity index (χ0v) is 8.68. The van der Waals surface area contributed by atoms with E-state index in [1.807, 2.05) is 18.2 Å². The van der Waals surface area contributed by atoms with Gasteiger partial charge in [-0.3, -0.25) is 10.1 Å². The Kier molecular flexibility index (Phi) is 1.85. The monoisotopic (exact) mass is 228 g/mol. The summed E-state index contributed by atoms with van der Waals surface area (Å²) in [7, 11) is 0. The molecule has 0 radical (unpaired) electrons. The van der Waals surface area contributed by atoms with Gasteiger partial charge in [0.15, 0.2) is 0 Å². The molecule has 0 bridgehead atoms. The Balaban J connectivity index is 2.10. The van der Waals surface area contributed by atoms with Crippen LogP contribution in [0.4, 0.5) is 10.5 Å². The molecule has 17 heavy (non-hydrogen) atoms. The van der Waals surface area contributed by atoms with E-state index in [9.17, 15) is 9.59 Å². The number of carbonyl (C=O) groups is 2. The van der Waals surface area contributed by atoms with Crippen LogP contribution >= 0.6 is 0 Å². The maximum Gasteiger partial charge on any atom is 0.324 e. The van der Waals surface area contributed by atoms with E-state index in [-0.39, 0.29) is 0 Å². The highest BCUT2D eigenvalue weighted by Crippen LogP contribution is 2.28. The number of imide groups is 1. The number of nitrogens with zero attached hydrogens (tertiary/aromatic N) is 2. The van der Waals surface area contributed by atoms with Crippen LogP contribution in [-0.2, 0) is 4.79 Å². The molecule has 6 nitrogen and oxygen atoms in total. The van der Waals surface area contributed by atoms with Crippen LogP contribution in [0.15, 0.2) is 40.6 Å². The lowest BCUT2D eigenvalue weighted by Gasteiger charge is -2.12. The van der Waals surface area contributed by atoms with E-state index < -0.39 is 17.6 Å². The molecule has 6 heteroatoms. The normalized spacial score (nSPS) is 25.4. The molecule has 0 aliphatic carbocycles. The number of nitrogens with one attached hydrogen (secondary N) is 2. The molecule has 84 valence electrons. The van der Waals surface area contributed by atoms with E-state index in [0.29, 0.717) is 5.69 Å². The molecule has 1 aromatic rings. The van der Waals surface area contributed by atoms with Crippen LogP contribution in [0, 0.1) is 0 Å². The lowest BCUT2D eigenvalue weighted by atomic mass is 10.1. The maximum atomic E-state index is 11.7. The second-order valence-electron chi connectivity index (χ2n) is 3.77. The molecular formula is C11H8N4O2. The average molecular weight is 228 g/mol. The fourth-order valence-corrected chi connectivity index (χ4v) is 1.74. The molecule has 0 aromatic heterocycles. The minimum atomic E-state index is -1.41. The van der Waals surface area contributed by atoms with Crippen molar-refractivity contribution in [2.45, 2.75) is 5.66 Å². The predicted molar refractivity (Wildman–Crippen MR) is 59.4 cm³/mol. The summed E-state index contributed by atoms with van der Waals surface area (Å²) >= 11 is 0. The molecule has 1 unspecified atom stereocenters. The second kappa shape index (κ2) is 3.24. The fraction of sp³-hybridized carbons (Fsp3) is 0.0909. The van der Waals surface area contributed by atoms with Crippen LogP contribution in [-0.4, -0.2) is 17.6 Å². The van der Waals surface area contributed by atoms with E-state index in [4.69, 9.17) is 0 Å². The molecule has 0 saturated carbocycles. The van der Waals surface area contributed by atoms with E-state index >= 15 is 0 Å². The quantitative estimate of drug-likeness (QED) is 0.656. The largest absolute Gasteiger partial charge is 0.324 e. The van der Waals surface area contributed by atoms with Gasteiger partial charge in [0.1, 0.15) is 0 Å². The molecule has 2 aliphatic heterocycles. The number of hydrogen-bond acceptors (Lipinski definition) is 4. The van der Waals surface area contributed by atoms with Gasteiger partial charge in [0, 0.05) is 5.56 Å². The summed E-state index contributed by atoms with van der Waals surface area (Å²) in [5, 5.41) is 12.5. The van der Waals surface area contributed by atoms with Crippen LogP contribution in [0.5, 0.6) is 0 Å². The molecule has 3 rings (SSSR count). The summed E-state index contributed by atoms with van der Waals surface area (Å²) in [6, 6.07) is 6.78. The van der Waals surface area contributed by atoms with Gasteiger partial charge in [-0.15, -0.1) is 5.11 Å². The van der Waals surface area contributed by atoms with E-state index in [2.05, 4.69) is 20.9 Å². The lowest BCUT2D eigenvalue weighted by molar-refractivity contribution is -0.122. The molecular weight excluding hydrogens is 220 g/mol. The van der Waals surface area contributed by atoms with Crippen molar-refractivity contribution in [1.82, 2.24) is 10.6 Å². The highest BCUT2D eigenvalue weighted by Gasteiger charge is 2.45. The third-order valence-corrected chi connectivity index (χ3v) is 2.63. The molecule has 1 atom stereocenters. The average Bonchev–Trinajstić information content (AvgIpc) is 2.49. The van der Waals surface area contributed by atoms with Gasteiger partial charge in [-0.1, -0.05) is 24.3 Å². The Morgan fingerprint density at radius 2 is 2.00 bits per heavy atom. The summed E-state index contributed by atoms with van der Waals surface area (Å²) in [6.07, 6.45) is 3.25. The van der Waals surface area contributed by atoms with Crippen molar-refractivity contribution in [2.75, 3.05) is 0 Å². The van der Waals surface area contributed by atoms with Gasteiger partial charge in [0.05, 0.1) is 5.69 Å². The topological polar surface area (TPSA) is 82.9 Å². The van der Waals surface area contributed by atoms with Crippen molar-refractivity contribution in [2.24, 2.45) is 10.2 Å². The molecule has 1 spiro atoms. The molecule has 1 saturated heterocycles. The van der Waals surface area contributed by atoms with Crippen LogP contribution < -0.4 is 10.6 Å². The smallest absolute Gasteiger partial charge is 0.301 e. The summed E-state index contributed by atoms with van der Waals surface area (Å²) in [5.41, 5.74) is 0.104. The number of azo groups is 1. The van der Waals surface area contributed by atoms with Crippen molar-refractivity contribution < 1.29 is 9.59 Å². The SMILES string of the molecule is O=C1NC(=O)C2(C=Cc3ccccc3N=N2)N1. The third kappa shape index (κ3) is 1.42. The number of amides is 3. The molecule has 2 heterocycles. The maximum absolute atomic E-state index is 11.7. The molecule has 2 aliphatic rings. The Hall–Kier alpha value is -2.50. The van der Waals surface area contributed by atoms with Crippen LogP contribution in [0.3, 0.4) is 0 Å². The van der Waals surface area contributed by atoms with Crippen molar-refractivity contribution in [3.05, 3.63) is 35.9 Å². The van der Waals surface area contributed by atoms with Crippen LogP contribution in [0.2, 0.25) is 0 Å². The minimum Gasteiger partial charge on any atom is -0.301 e. The number of hydrogen-bond donors (Lipinski definition) is 2. The first-order chi connectivity index (χ1) is 8.20. The standard InChI is InChI=1S/C11H8N4O2/c16-9-11(13-10(17)12-9)6-5-7-3-1-2-4-8(7)14-15-11/h1-6H,(H2,12,13,16,17). The Labute approximate surface area is 96.4 Å². The Morgan fingerprint density at radius 3 is 2.76 bits per heavy atom. The third-order valence-electron chi connectivity index (χ3n) is 2.63. The van der Waals surface area contributed by atoms with Gasteiger partial charge in [-0.2, -0.15) is 5.11 Å². The fourth-order valence-electron chi connectivity index (χ4n) is 1.74. The number of carbonyl (C=O) groups excluding carboxylic acids is 2. The van der Waals surface area contributed by atoms with Gasteiger partial charge in [0.2, 0.25) is 0 Å². The number of urea groups is 1. The minimum absolute atomic E-state index is 0.518. The van der Waals surface area contributed by atoms with Crippen molar-refractivity contribution in [1.29, 1.82) is 0 Å². The zero-order chi connectivity index (χ0) is 11.9. The predicted octanol–water partition coefficient (Wildman–Crippen LogP) is 1.33. The van der Waals surface area contributed by atoms with E-state index in [0.717, 1.165) is 5.56 Å². The van der Waals surface area contributed by atoms with E-state index in [1.54, 1.807) is 12.1 Å². The summed E-state index contributed by atoms with van der Waals surface area (Å²) < 4.78 is 0. The van der Waals surface area contributed by atoms with Crippen LogP contribution in [0.25, 0.3) is 6.08 Å². The van der Waals surface area contributed by atoms with Crippen molar-refractivity contribution in [3.8, 4) is 0 Å². The van der Waals surface area contributed by atoms with Crippen LogP contribution in [0.1, 0.15) is 5.56 Å². The highest BCUT2D eigenvalue weighted by atomic mass is 16.2. The highest BCUT2D eigenvalue weighted by molar-refractivity contribution is 6.08. The Bertz CT molecular complexity index is 544. The van der Waals surface area contributed by atoms with Gasteiger partial charge in [-0.05, 0) is 12.1 Å². The van der Waals surface area contributed by atoms with Crippen molar-refractivity contribution >= 4 is 23.7 Å². The number of rotatable bonds is 0. The summed E-state index contributed by atoms with van der Waals surface area (Å²) in [4.78, 5) is 22.8. The first kappa shape index (κ1) is 9.71. The van der Waals surface area contributed by atoms with Gasteiger partial charge in [-0.25, -0.2) is 4.79 Å². The van der Waals surface area contributed by atoms with E-state index in [1.165, 1.54) is 6.08 Å². The Morgan fingerprint density at radius 1 is 1.18 bits per heavy atom.